The Hall–Kier alpha value is -1.95. The monoisotopic (exact) mass is 377 g/mol. The fourth-order valence-corrected chi connectivity index (χ4v) is 3.28. The van der Waals surface area contributed by atoms with E-state index in [0.717, 1.165) is 35.4 Å². The van der Waals surface area contributed by atoms with Crippen LogP contribution in [0.5, 0.6) is 5.75 Å². The fourth-order valence-electron chi connectivity index (χ4n) is 2.94. The average Bonchev–Trinajstić information content (AvgIpc) is 3.21. The SMILES string of the molecule is COc1ccccc1N1CCC(CNC(=O)c2cc(Br)c[nH]2)C1. The van der Waals surface area contributed by atoms with Crippen LogP contribution in [0.15, 0.2) is 41.0 Å². The summed E-state index contributed by atoms with van der Waals surface area (Å²) < 4.78 is 6.31. The van der Waals surface area contributed by atoms with Gasteiger partial charge in [-0.1, -0.05) is 12.1 Å². The molecule has 2 heterocycles. The lowest BCUT2D eigenvalue weighted by molar-refractivity contribution is 0.0944. The summed E-state index contributed by atoms with van der Waals surface area (Å²) in [6.07, 6.45) is 2.82. The predicted octanol–water partition coefficient (Wildman–Crippen LogP) is 3.04. The van der Waals surface area contributed by atoms with Gasteiger partial charge in [-0.15, -0.1) is 0 Å². The van der Waals surface area contributed by atoms with Gasteiger partial charge in [0.15, 0.2) is 0 Å². The zero-order valence-corrected chi connectivity index (χ0v) is 14.6. The van der Waals surface area contributed by atoms with Gasteiger partial charge in [-0.05, 0) is 46.5 Å². The number of H-pyrrole nitrogens is 1. The van der Waals surface area contributed by atoms with E-state index < -0.39 is 0 Å². The number of nitrogens with zero attached hydrogens (tertiary/aromatic N) is 1. The molecule has 1 fully saturated rings. The van der Waals surface area contributed by atoms with Crippen LogP contribution in [0.2, 0.25) is 0 Å². The number of aromatic amines is 1. The Balaban J connectivity index is 1.55. The number of nitrogens with one attached hydrogen (secondary N) is 2. The molecule has 1 aliphatic heterocycles. The smallest absolute Gasteiger partial charge is 0.267 e. The van der Waals surface area contributed by atoms with E-state index in [1.807, 2.05) is 18.2 Å². The largest absolute Gasteiger partial charge is 0.495 e. The predicted molar refractivity (Wildman–Crippen MR) is 94.1 cm³/mol. The van der Waals surface area contributed by atoms with Crippen LogP contribution in [-0.2, 0) is 0 Å². The molecule has 6 heteroatoms. The molecule has 2 N–H and O–H groups in total. The van der Waals surface area contributed by atoms with Crippen molar-refractivity contribution in [2.45, 2.75) is 6.42 Å². The van der Waals surface area contributed by atoms with Gasteiger partial charge in [-0.3, -0.25) is 4.79 Å². The molecule has 0 aliphatic carbocycles. The molecule has 1 aromatic carbocycles. The Morgan fingerprint density at radius 2 is 2.30 bits per heavy atom. The maximum Gasteiger partial charge on any atom is 0.267 e. The average molecular weight is 378 g/mol. The van der Waals surface area contributed by atoms with Gasteiger partial charge < -0.3 is 19.9 Å². The molecule has 3 rings (SSSR count). The minimum absolute atomic E-state index is 0.0635. The Labute approximate surface area is 144 Å². The first-order valence-corrected chi connectivity index (χ1v) is 8.46. The third-order valence-corrected chi connectivity index (χ3v) is 4.61. The topological polar surface area (TPSA) is 57.4 Å². The normalized spacial score (nSPS) is 17.3. The number of hydrogen-bond acceptors (Lipinski definition) is 3. The first-order valence-electron chi connectivity index (χ1n) is 7.67. The first-order chi connectivity index (χ1) is 11.2. The number of benzene rings is 1. The first kappa shape index (κ1) is 15.9. The van der Waals surface area contributed by atoms with Gasteiger partial charge in [-0.25, -0.2) is 0 Å². The van der Waals surface area contributed by atoms with Crippen molar-refractivity contribution in [1.29, 1.82) is 0 Å². The molecule has 0 radical (unpaired) electrons. The van der Waals surface area contributed by atoms with Crippen molar-refractivity contribution in [3.63, 3.8) is 0 Å². The summed E-state index contributed by atoms with van der Waals surface area (Å²) >= 11 is 3.34. The van der Waals surface area contributed by atoms with E-state index in [9.17, 15) is 4.79 Å². The van der Waals surface area contributed by atoms with E-state index in [1.54, 1.807) is 19.4 Å². The van der Waals surface area contributed by atoms with E-state index in [0.29, 0.717) is 18.2 Å². The number of aromatic nitrogens is 1. The lowest BCUT2D eigenvalue weighted by Crippen LogP contribution is -2.31. The number of halogens is 1. The van der Waals surface area contributed by atoms with E-state index >= 15 is 0 Å². The number of carbonyl (C=O) groups is 1. The van der Waals surface area contributed by atoms with Crippen LogP contribution < -0.4 is 15.0 Å². The summed E-state index contributed by atoms with van der Waals surface area (Å²) in [6, 6.07) is 9.84. The molecule has 0 spiro atoms. The summed E-state index contributed by atoms with van der Waals surface area (Å²) in [5, 5.41) is 3.01. The van der Waals surface area contributed by atoms with Crippen molar-refractivity contribution < 1.29 is 9.53 Å². The number of rotatable bonds is 5. The van der Waals surface area contributed by atoms with Crippen molar-refractivity contribution in [2.75, 3.05) is 31.6 Å². The zero-order valence-electron chi connectivity index (χ0n) is 13.0. The van der Waals surface area contributed by atoms with E-state index in [4.69, 9.17) is 4.74 Å². The zero-order chi connectivity index (χ0) is 16.2. The van der Waals surface area contributed by atoms with Crippen molar-refractivity contribution in [3.8, 4) is 5.75 Å². The van der Waals surface area contributed by atoms with Crippen LogP contribution >= 0.6 is 15.9 Å². The number of amides is 1. The Morgan fingerprint density at radius 1 is 1.48 bits per heavy atom. The summed E-state index contributed by atoms with van der Waals surface area (Å²) in [7, 11) is 1.70. The van der Waals surface area contributed by atoms with Crippen molar-refractivity contribution in [3.05, 3.63) is 46.7 Å². The molecular weight excluding hydrogens is 358 g/mol. The van der Waals surface area contributed by atoms with E-state index in [2.05, 4.69) is 37.2 Å². The number of ether oxygens (including phenoxy) is 1. The van der Waals surface area contributed by atoms with E-state index in [1.165, 1.54) is 0 Å². The highest BCUT2D eigenvalue weighted by molar-refractivity contribution is 9.10. The molecule has 1 aliphatic rings. The molecule has 1 unspecified atom stereocenters. The molecule has 0 bridgehead atoms. The molecule has 122 valence electrons. The van der Waals surface area contributed by atoms with Crippen LogP contribution in [0.25, 0.3) is 0 Å². The summed E-state index contributed by atoms with van der Waals surface area (Å²) in [4.78, 5) is 17.3. The fraction of sp³-hybridized carbons (Fsp3) is 0.353. The van der Waals surface area contributed by atoms with Gasteiger partial charge in [0.05, 0.1) is 12.8 Å². The number of para-hydroxylation sites is 2. The lowest BCUT2D eigenvalue weighted by Gasteiger charge is -2.21. The van der Waals surface area contributed by atoms with Gasteiger partial charge in [0.2, 0.25) is 0 Å². The Bertz CT molecular complexity index is 686. The highest BCUT2D eigenvalue weighted by atomic mass is 79.9. The molecule has 1 atom stereocenters. The lowest BCUT2D eigenvalue weighted by atomic mass is 10.1. The van der Waals surface area contributed by atoms with Gasteiger partial charge >= 0.3 is 0 Å². The van der Waals surface area contributed by atoms with Crippen molar-refractivity contribution >= 4 is 27.5 Å². The maximum absolute atomic E-state index is 12.1. The number of carbonyl (C=O) groups excluding carboxylic acids is 1. The molecule has 2 aromatic rings. The third-order valence-electron chi connectivity index (χ3n) is 4.16. The van der Waals surface area contributed by atoms with Crippen LogP contribution in [0.1, 0.15) is 16.9 Å². The summed E-state index contributed by atoms with van der Waals surface area (Å²) in [5.41, 5.74) is 1.70. The molecule has 23 heavy (non-hydrogen) atoms. The quantitative estimate of drug-likeness (QED) is 0.841. The maximum atomic E-state index is 12.1. The van der Waals surface area contributed by atoms with Gasteiger partial charge in [-0.2, -0.15) is 0 Å². The van der Waals surface area contributed by atoms with Gasteiger partial charge in [0, 0.05) is 30.3 Å². The van der Waals surface area contributed by atoms with Gasteiger partial charge in [0.1, 0.15) is 11.4 Å². The summed E-state index contributed by atoms with van der Waals surface area (Å²) in [5.74, 6) is 1.28. The van der Waals surface area contributed by atoms with E-state index in [-0.39, 0.29) is 5.91 Å². The van der Waals surface area contributed by atoms with Crippen LogP contribution in [0.3, 0.4) is 0 Å². The standard InChI is InChI=1S/C17H20BrN3O2/c1-23-16-5-3-2-4-15(16)21-7-6-12(11-21)9-20-17(22)14-8-13(18)10-19-14/h2-5,8,10,12,19H,6-7,9,11H2,1H3,(H,20,22). The van der Waals surface area contributed by atoms with Crippen LogP contribution in [-0.4, -0.2) is 37.6 Å². The third kappa shape index (κ3) is 3.69. The van der Waals surface area contributed by atoms with Crippen LogP contribution in [0.4, 0.5) is 5.69 Å². The Kier molecular flexibility index (Phi) is 4.91. The van der Waals surface area contributed by atoms with Crippen LogP contribution in [0, 0.1) is 5.92 Å². The molecule has 1 amide bonds. The molecule has 1 saturated heterocycles. The second-order valence-electron chi connectivity index (χ2n) is 5.71. The highest BCUT2D eigenvalue weighted by Gasteiger charge is 2.25. The second kappa shape index (κ2) is 7.08. The molecule has 1 aromatic heterocycles. The van der Waals surface area contributed by atoms with Crippen molar-refractivity contribution in [2.24, 2.45) is 5.92 Å². The number of methoxy groups -OCH3 is 1. The molecular formula is C17H20BrN3O2. The molecule has 5 nitrogen and oxygen atoms in total. The second-order valence-corrected chi connectivity index (χ2v) is 6.63. The highest BCUT2D eigenvalue weighted by Crippen LogP contribution is 2.31. The number of anilines is 1. The summed E-state index contributed by atoms with van der Waals surface area (Å²) in [6.45, 7) is 2.59. The number of hydrogen-bond donors (Lipinski definition) is 2. The molecule has 0 saturated carbocycles. The Morgan fingerprint density at radius 3 is 3.04 bits per heavy atom. The minimum Gasteiger partial charge on any atom is -0.495 e. The van der Waals surface area contributed by atoms with Crippen molar-refractivity contribution in [1.82, 2.24) is 10.3 Å². The van der Waals surface area contributed by atoms with Gasteiger partial charge in [0.25, 0.3) is 5.91 Å². The minimum atomic E-state index is -0.0635.